The number of methoxy groups -OCH3 is 1. The zero-order valence-corrected chi connectivity index (χ0v) is 17.4. The van der Waals surface area contributed by atoms with Crippen molar-refractivity contribution in [2.75, 3.05) is 40.5 Å². The van der Waals surface area contributed by atoms with Gasteiger partial charge >= 0.3 is 0 Å². The number of carbonyl (C=O) groups is 1. The standard InChI is InChI=1S/C19H27N5O3.ClH/c1-14-18(19(25)23-10-4-5-16(23)13-20-2)22-24(21-14)15-6-8-17(9-7-15)27-12-11-26-3;/h6-9,16,20H,4-5,10-13H2,1-3H3;1H. The van der Waals surface area contributed by atoms with Gasteiger partial charge in [0, 0.05) is 26.2 Å². The highest BCUT2D eigenvalue weighted by Crippen LogP contribution is 2.21. The first-order valence-corrected chi connectivity index (χ1v) is 9.25. The molecule has 1 aliphatic heterocycles. The molecule has 1 aromatic carbocycles. The van der Waals surface area contributed by atoms with Gasteiger partial charge < -0.3 is 19.7 Å². The summed E-state index contributed by atoms with van der Waals surface area (Å²) in [7, 11) is 3.55. The van der Waals surface area contributed by atoms with E-state index < -0.39 is 0 Å². The fraction of sp³-hybridized carbons (Fsp3) is 0.526. The van der Waals surface area contributed by atoms with Crippen LogP contribution in [0.4, 0.5) is 0 Å². The van der Waals surface area contributed by atoms with Crippen LogP contribution in [0.5, 0.6) is 5.75 Å². The number of hydrogen-bond acceptors (Lipinski definition) is 6. The summed E-state index contributed by atoms with van der Waals surface area (Å²) >= 11 is 0. The minimum atomic E-state index is -0.0454. The van der Waals surface area contributed by atoms with Gasteiger partial charge in [-0.3, -0.25) is 4.79 Å². The van der Waals surface area contributed by atoms with Crippen molar-refractivity contribution in [1.82, 2.24) is 25.2 Å². The van der Waals surface area contributed by atoms with Gasteiger partial charge in [0.25, 0.3) is 5.91 Å². The number of amides is 1. The number of aromatic nitrogens is 3. The Morgan fingerprint density at radius 2 is 2.00 bits per heavy atom. The summed E-state index contributed by atoms with van der Waals surface area (Å²) in [4.78, 5) is 16.4. The van der Waals surface area contributed by atoms with E-state index in [0.29, 0.717) is 24.6 Å². The van der Waals surface area contributed by atoms with Crippen LogP contribution >= 0.6 is 12.4 Å². The van der Waals surface area contributed by atoms with Gasteiger partial charge in [0.15, 0.2) is 5.69 Å². The van der Waals surface area contributed by atoms with E-state index in [1.165, 1.54) is 4.80 Å². The number of nitrogens with zero attached hydrogens (tertiary/aromatic N) is 4. The Balaban J connectivity index is 0.00000280. The molecular weight excluding hydrogens is 382 g/mol. The lowest BCUT2D eigenvalue weighted by atomic mass is 10.2. The Kier molecular flexibility index (Phi) is 8.22. The van der Waals surface area contributed by atoms with Crippen LogP contribution in [-0.4, -0.2) is 72.3 Å². The first kappa shape index (κ1) is 22.1. The van der Waals surface area contributed by atoms with Gasteiger partial charge in [-0.15, -0.1) is 17.5 Å². The van der Waals surface area contributed by atoms with Crippen LogP contribution in [0, 0.1) is 6.92 Å². The molecule has 0 saturated carbocycles. The lowest BCUT2D eigenvalue weighted by Gasteiger charge is -2.23. The van der Waals surface area contributed by atoms with E-state index in [1.807, 2.05) is 43.1 Å². The second-order valence-corrected chi connectivity index (χ2v) is 6.61. The molecule has 3 rings (SSSR count). The van der Waals surface area contributed by atoms with Crippen LogP contribution < -0.4 is 10.1 Å². The van der Waals surface area contributed by atoms with E-state index in [0.717, 1.165) is 37.4 Å². The Labute approximate surface area is 171 Å². The molecular formula is C19H28ClN5O3. The van der Waals surface area contributed by atoms with E-state index in [4.69, 9.17) is 9.47 Å². The van der Waals surface area contributed by atoms with Gasteiger partial charge in [-0.2, -0.15) is 9.90 Å². The van der Waals surface area contributed by atoms with Crippen molar-refractivity contribution in [1.29, 1.82) is 0 Å². The van der Waals surface area contributed by atoms with Crippen LogP contribution in [0.15, 0.2) is 24.3 Å². The number of halogens is 1. The summed E-state index contributed by atoms with van der Waals surface area (Å²) < 4.78 is 10.5. The number of nitrogens with one attached hydrogen (secondary N) is 1. The third-order valence-electron chi connectivity index (χ3n) is 4.69. The third kappa shape index (κ3) is 5.01. The molecule has 2 heterocycles. The normalized spacial score (nSPS) is 16.1. The molecule has 8 nitrogen and oxygen atoms in total. The van der Waals surface area contributed by atoms with Crippen LogP contribution in [-0.2, 0) is 4.74 Å². The second-order valence-electron chi connectivity index (χ2n) is 6.61. The molecule has 1 atom stereocenters. The van der Waals surface area contributed by atoms with Crippen molar-refractivity contribution in [3.8, 4) is 11.4 Å². The number of likely N-dealkylation sites (N-methyl/N-ethyl adjacent to an activating group) is 1. The maximum absolute atomic E-state index is 12.9. The molecule has 1 saturated heterocycles. The molecule has 2 aromatic rings. The van der Waals surface area contributed by atoms with Crippen LogP contribution in [0.3, 0.4) is 0 Å². The number of hydrogen-bond donors (Lipinski definition) is 1. The number of carbonyl (C=O) groups excluding carboxylic acids is 1. The first-order chi connectivity index (χ1) is 13.1. The molecule has 28 heavy (non-hydrogen) atoms. The Morgan fingerprint density at radius 3 is 2.68 bits per heavy atom. The predicted molar refractivity (Wildman–Crippen MR) is 109 cm³/mol. The Hall–Kier alpha value is -2.16. The highest BCUT2D eigenvalue weighted by molar-refractivity contribution is 5.93. The molecule has 1 N–H and O–H groups in total. The topological polar surface area (TPSA) is 81.5 Å². The zero-order valence-electron chi connectivity index (χ0n) is 16.6. The van der Waals surface area contributed by atoms with E-state index in [1.54, 1.807) is 7.11 Å². The van der Waals surface area contributed by atoms with Gasteiger partial charge in [-0.25, -0.2) is 0 Å². The fourth-order valence-electron chi connectivity index (χ4n) is 3.30. The summed E-state index contributed by atoms with van der Waals surface area (Å²) in [6, 6.07) is 7.67. The number of aryl methyl sites for hydroxylation is 1. The molecule has 1 aliphatic rings. The summed E-state index contributed by atoms with van der Waals surface area (Å²) in [5.74, 6) is 0.707. The Morgan fingerprint density at radius 1 is 1.25 bits per heavy atom. The van der Waals surface area contributed by atoms with Gasteiger partial charge in [0.2, 0.25) is 0 Å². The largest absolute Gasteiger partial charge is 0.491 e. The van der Waals surface area contributed by atoms with Crippen molar-refractivity contribution >= 4 is 18.3 Å². The van der Waals surface area contributed by atoms with Crippen molar-refractivity contribution in [3.05, 3.63) is 35.7 Å². The predicted octanol–water partition coefficient (Wildman–Crippen LogP) is 1.85. The minimum absolute atomic E-state index is 0. The Bertz CT molecular complexity index is 765. The molecule has 0 spiro atoms. The number of ether oxygens (including phenoxy) is 2. The van der Waals surface area contributed by atoms with Gasteiger partial charge in [-0.05, 0) is 51.1 Å². The minimum Gasteiger partial charge on any atom is -0.491 e. The van der Waals surface area contributed by atoms with Crippen molar-refractivity contribution in [2.45, 2.75) is 25.8 Å². The zero-order chi connectivity index (χ0) is 19.2. The molecule has 1 amide bonds. The average Bonchev–Trinajstić information content (AvgIpc) is 3.29. The monoisotopic (exact) mass is 409 g/mol. The lowest BCUT2D eigenvalue weighted by molar-refractivity contribution is 0.0730. The molecule has 9 heteroatoms. The second kappa shape index (κ2) is 10.4. The number of likely N-dealkylation sites (tertiary alicyclic amines) is 1. The maximum Gasteiger partial charge on any atom is 0.276 e. The van der Waals surface area contributed by atoms with Crippen LogP contribution in [0.2, 0.25) is 0 Å². The van der Waals surface area contributed by atoms with E-state index in [2.05, 4.69) is 15.5 Å². The molecule has 0 aliphatic carbocycles. The SMILES string of the molecule is CNCC1CCCN1C(=O)c1nn(-c2ccc(OCCOC)cc2)nc1C.Cl. The first-order valence-electron chi connectivity index (χ1n) is 9.25. The van der Waals surface area contributed by atoms with E-state index in [-0.39, 0.29) is 24.4 Å². The lowest BCUT2D eigenvalue weighted by Crippen LogP contribution is -2.41. The van der Waals surface area contributed by atoms with Gasteiger partial charge in [0.05, 0.1) is 18.0 Å². The van der Waals surface area contributed by atoms with Crippen molar-refractivity contribution < 1.29 is 14.3 Å². The van der Waals surface area contributed by atoms with E-state index in [9.17, 15) is 4.79 Å². The van der Waals surface area contributed by atoms with Gasteiger partial charge in [0.1, 0.15) is 12.4 Å². The number of rotatable bonds is 8. The summed E-state index contributed by atoms with van der Waals surface area (Å²) in [5, 5.41) is 12.0. The quantitative estimate of drug-likeness (QED) is 0.670. The maximum atomic E-state index is 12.9. The van der Waals surface area contributed by atoms with Crippen LogP contribution in [0.25, 0.3) is 5.69 Å². The highest BCUT2D eigenvalue weighted by atomic mass is 35.5. The highest BCUT2D eigenvalue weighted by Gasteiger charge is 2.31. The third-order valence-corrected chi connectivity index (χ3v) is 4.69. The van der Waals surface area contributed by atoms with Crippen LogP contribution in [0.1, 0.15) is 29.0 Å². The average molecular weight is 410 g/mol. The number of benzene rings is 1. The molecule has 154 valence electrons. The molecule has 0 bridgehead atoms. The molecule has 0 radical (unpaired) electrons. The molecule has 1 unspecified atom stereocenters. The van der Waals surface area contributed by atoms with E-state index >= 15 is 0 Å². The molecule has 1 aromatic heterocycles. The fourth-order valence-corrected chi connectivity index (χ4v) is 3.30. The summed E-state index contributed by atoms with van der Waals surface area (Å²) in [6.07, 6.45) is 2.04. The molecule has 1 fully saturated rings. The summed E-state index contributed by atoms with van der Waals surface area (Å²) in [5.41, 5.74) is 1.83. The van der Waals surface area contributed by atoms with Crippen molar-refractivity contribution in [3.63, 3.8) is 0 Å². The smallest absolute Gasteiger partial charge is 0.276 e. The van der Waals surface area contributed by atoms with Gasteiger partial charge in [-0.1, -0.05) is 0 Å². The van der Waals surface area contributed by atoms with Crippen molar-refractivity contribution in [2.24, 2.45) is 0 Å². The summed E-state index contributed by atoms with van der Waals surface area (Å²) in [6.45, 7) is 4.42.